The van der Waals surface area contributed by atoms with Crippen LogP contribution in [0.5, 0.6) is 11.5 Å². The van der Waals surface area contributed by atoms with Crippen molar-refractivity contribution in [2.75, 3.05) is 7.11 Å². The molecule has 2 aromatic carbocycles. The summed E-state index contributed by atoms with van der Waals surface area (Å²) in [6.07, 6.45) is 0. The minimum atomic E-state index is -2.25. The highest BCUT2D eigenvalue weighted by molar-refractivity contribution is 5.95. The van der Waals surface area contributed by atoms with Gasteiger partial charge in [-0.25, -0.2) is 26.7 Å². The maximum atomic E-state index is 13.7. The Kier molecular flexibility index (Phi) is 6.27. The average Bonchev–Trinajstić information content (AvgIpc) is 2.69. The van der Waals surface area contributed by atoms with Crippen molar-refractivity contribution in [1.29, 1.82) is 0 Å². The van der Waals surface area contributed by atoms with Gasteiger partial charge in [-0.15, -0.1) is 0 Å². The summed E-state index contributed by atoms with van der Waals surface area (Å²) in [6.45, 7) is 2.05. The Morgan fingerprint density at radius 2 is 1.46 bits per heavy atom. The third kappa shape index (κ3) is 3.92. The van der Waals surface area contributed by atoms with Gasteiger partial charge in [-0.05, 0) is 37.1 Å². The third-order valence-corrected chi connectivity index (χ3v) is 4.15. The van der Waals surface area contributed by atoms with Crippen molar-refractivity contribution in [3.8, 4) is 11.5 Å². The molecule has 0 spiro atoms. The first-order chi connectivity index (χ1) is 13.1. The second kappa shape index (κ2) is 8.28. The number of benzene rings is 2. The number of hydrogen-bond acceptors (Lipinski definition) is 3. The molecule has 0 saturated heterocycles. The number of halogens is 5. The van der Waals surface area contributed by atoms with Crippen LogP contribution in [0, 0.1) is 29.1 Å². The Morgan fingerprint density at radius 1 is 0.929 bits per heavy atom. The number of carboxylic acid groups (broad SMARTS) is 1. The van der Waals surface area contributed by atoms with Gasteiger partial charge in [-0.1, -0.05) is 6.07 Å². The summed E-state index contributed by atoms with van der Waals surface area (Å²) < 4.78 is 77.3. The van der Waals surface area contributed by atoms with Gasteiger partial charge in [0.15, 0.2) is 34.8 Å². The summed E-state index contributed by atoms with van der Waals surface area (Å²) >= 11 is 0. The van der Waals surface area contributed by atoms with E-state index in [1.54, 1.807) is 6.92 Å². The number of aliphatic carboxylic acids is 1. The van der Waals surface area contributed by atoms with E-state index >= 15 is 0 Å². The van der Waals surface area contributed by atoms with Crippen molar-refractivity contribution in [2.24, 2.45) is 0 Å². The predicted octanol–water partition coefficient (Wildman–Crippen LogP) is 4.85. The van der Waals surface area contributed by atoms with Crippen LogP contribution < -0.4 is 9.47 Å². The molecule has 0 aliphatic carbocycles. The topological polar surface area (TPSA) is 55.8 Å². The van der Waals surface area contributed by atoms with Crippen LogP contribution in [-0.2, 0) is 11.4 Å². The van der Waals surface area contributed by atoms with Crippen LogP contribution in [0.15, 0.2) is 23.8 Å². The van der Waals surface area contributed by atoms with E-state index in [9.17, 15) is 26.7 Å². The van der Waals surface area contributed by atoms with Gasteiger partial charge in [0.25, 0.3) is 0 Å². The second-order valence-corrected chi connectivity index (χ2v) is 5.76. The molecule has 0 bridgehead atoms. The van der Waals surface area contributed by atoms with Crippen molar-refractivity contribution in [3.05, 3.63) is 64.0 Å². The Morgan fingerprint density at radius 3 is 1.96 bits per heavy atom. The normalized spacial score (nSPS) is 11.9. The molecule has 0 radical (unpaired) electrons. The van der Waals surface area contributed by atoms with Crippen LogP contribution in [0.2, 0.25) is 0 Å². The van der Waals surface area contributed by atoms with Crippen molar-refractivity contribution < 1.29 is 41.3 Å². The predicted molar refractivity (Wildman–Crippen MR) is 89.5 cm³/mol. The van der Waals surface area contributed by atoms with Crippen LogP contribution in [0.1, 0.15) is 25.0 Å². The lowest BCUT2D eigenvalue weighted by Gasteiger charge is -2.14. The molecule has 0 saturated carbocycles. The molecule has 1 N–H and O–H groups in total. The van der Waals surface area contributed by atoms with Crippen LogP contribution >= 0.6 is 0 Å². The molecular formula is C19H15F5O4. The van der Waals surface area contributed by atoms with Gasteiger partial charge in [-0.2, -0.15) is 0 Å². The van der Waals surface area contributed by atoms with Crippen molar-refractivity contribution in [3.63, 3.8) is 0 Å². The first kappa shape index (κ1) is 21.2. The molecule has 0 atom stereocenters. The molecule has 4 nitrogen and oxygen atoms in total. The zero-order valence-corrected chi connectivity index (χ0v) is 15.0. The van der Waals surface area contributed by atoms with E-state index in [4.69, 9.17) is 14.6 Å². The zero-order valence-electron chi connectivity index (χ0n) is 15.0. The maximum Gasteiger partial charge on any atom is 0.331 e. The van der Waals surface area contributed by atoms with Crippen LogP contribution in [0.3, 0.4) is 0 Å². The Hall–Kier alpha value is -3.10. The number of rotatable bonds is 6. The molecule has 0 aliphatic rings. The number of methoxy groups -OCH3 is 1. The summed E-state index contributed by atoms with van der Waals surface area (Å²) in [5.74, 6) is -11.4. The lowest BCUT2D eigenvalue weighted by atomic mass is 10.0. The third-order valence-electron chi connectivity index (χ3n) is 4.15. The molecule has 150 valence electrons. The number of carboxylic acids is 1. The van der Waals surface area contributed by atoms with E-state index in [0.29, 0.717) is 11.1 Å². The van der Waals surface area contributed by atoms with Gasteiger partial charge in [0.05, 0.1) is 12.7 Å². The summed E-state index contributed by atoms with van der Waals surface area (Å²) in [5, 5.41) is 9.05. The molecule has 0 unspecified atom stereocenters. The minimum absolute atomic E-state index is 0.0315. The minimum Gasteiger partial charge on any atom is -0.493 e. The number of allylic oxidation sites excluding steroid dienone is 1. The second-order valence-electron chi connectivity index (χ2n) is 5.76. The number of ether oxygens (including phenoxy) is 2. The maximum absolute atomic E-state index is 13.7. The van der Waals surface area contributed by atoms with Gasteiger partial charge >= 0.3 is 5.97 Å². The fourth-order valence-electron chi connectivity index (χ4n) is 2.32. The smallest absolute Gasteiger partial charge is 0.331 e. The van der Waals surface area contributed by atoms with E-state index < -0.39 is 47.2 Å². The molecule has 2 rings (SSSR count). The average molecular weight is 402 g/mol. The van der Waals surface area contributed by atoms with E-state index in [1.807, 2.05) is 0 Å². The quantitative estimate of drug-likeness (QED) is 0.325. The van der Waals surface area contributed by atoms with Crippen molar-refractivity contribution >= 4 is 11.5 Å². The van der Waals surface area contributed by atoms with Gasteiger partial charge in [0.1, 0.15) is 6.61 Å². The van der Waals surface area contributed by atoms with Gasteiger partial charge in [0.2, 0.25) is 5.82 Å². The first-order valence-electron chi connectivity index (χ1n) is 7.82. The molecule has 0 fully saturated rings. The molecule has 9 heteroatoms. The molecule has 0 aliphatic heterocycles. The number of hydrogen-bond donors (Lipinski definition) is 1. The molecule has 0 heterocycles. The summed E-state index contributed by atoms with van der Waals surface area (Å²) in [4.78, 5) is 11.1. The van der Waals surface area contributed by atoms with Gasteiger partial charge in [-0.3, -0.25) is 0 Å². The van der Waals surface area contributed by atoms with Crippen LogP contribution in [0.25, 0.3) is 5.57 Å². The largest absolute Gasteiger partial charge is 0.493 e. The van der Waals surface area contributed by atoms with E-state index in [1.165, 1.54) is 32.2 Å². The standard InChI is InChI=1S/C19H15F5O4/c1-8(9(2)19(25)26)10-4-5-12(13(6-10)27-3)28-7-11-14(20)16(22)18(24)17(23)15(11)21/h4-6H,7H2,1-3H3,(H,25,26)/b9-8-. The van der Waals surface area contributed by atoms with E-state index in [-0.39, 0.29) is 17.1 Å². The van der Waals surface area contributed by atoms with E-state index in [2.05, 4.69) is 0 Å². The summed E-state index contributed by atoms with van der Waals surface area (Å²) in [5.41, 5.74) is -0.102. The summed E-state index contributed by atoms with van der Waals surface area (Å²) in [6, 6.07) is 4.23. The highest BCUT2D eigenvalue weighted by Crippen LogP contribution is 2.33. The molecule has 0 amide bonds. The fourth-order valence-corrected chi connectivity index (χ4v) is 2.32. The van der Waals surface area contributed by atoms with Crippen LogP contribution in [-0.4, -0.2) is 18.2 Å². The lowest BCUT2D eigenvalue weighted by Crippen LogP contribution is -2.10. The number of carbonyl (C=O) groups is 1. The van der Waals surface area contributed by atoms with E-state index in [0.717, 1.165) is 0 Å². The Bertz CT molecular complexity index is 940. The Balaban J connectivity index is 2.37. The highest BCUT2D eigenvalue weighted by atomic mass is 19.2. The zero-order chi connectivity index (χ0) is 21.2. The Labute approximate surface area is 156 Å². The molecular weight excluding hydrogens is 387 g/mol. The molecule has 2 aromatic rings. The fraction of sp³-hybridized carbons (Fsp3) is 0.211. The molecule has 0 aromatic heterocycles. The van der Waals surface area contributed by atoms with Gasteiger partial charge in [0, 0.05) is 5.57 Å². The lowest BCUT2D eigenvalue weighted by molar-refractivity contribution is -0.132. The van der Waals surface area contributed by atoms with Crippen LogP contribution in [0.4, 0.5) is 22.0 Å². The molecule has 28 heavy (non-hydrogen) atoms. The highest BCUT2D eigenvalue weighted by Gasteiger charge is 2.26. The monoisotopic (exact) mass is 402 g/mol. The summed E-state index contributed by atoms with van der Waals surface area (Å²) in [7, 11) is 1.27. The van der Waals surface area contributed by atoms with Crippen molar-refractivity contribution in [1.82, 2.24) is 0 Å². The van der Waals surface area contributed by atoms with Gasteiger partial charge < -0.3 is 14.6 Å². The SMILES string of the molecule is COc1cc(/C(C)=C(/C)C(=O)O)ccc1OCc1c(F)c(F)c(F)c(F)c1F. The van der Waals surface area contributed by atoms with Crippen molar-refractivity contribution in [2.45, 2.75) is 20.5 Å². The first-order valence-corrected chi connectivity index (χ1v) is 7.82.